The Hall–Kier alpha value is -2.60. The fourth-order valence-corrected chi connectivity index (χ4v) is 3.31. The lowest BCUT2D eigenvalue weighted by Crippen LogP contribution is -2.34. The van der Waals surface area contributed by atoms with Crippen LogP contribution in [0.25, 0.3) is 11.5 Å². The summed E-state index contributed by atoms with van der Waals surface area (Å²) in [5.74, 6) is 0.703. The fourth-order valence-electron chi connectivity index (χ4n) is 2.73. The van der Waals surface area contributed by atoms with Gasteiger partial charge in [-0.25, -0.2) is 0 Å². The van der Waals surface area contributed by atoms with E-state index in [4.69, 9.17) is 4.42 Å². The molecule has 0 bridgehead atoms. The molecule has 3 aromatic rings. The van der Waals surface area contributed by atoms with Gasteiger partial charge < -0.3 is 9.73 Å². The van der Waals surface area contributed by atoms with Gasteiger partial charge in [-0.15, -0.1) is 10.2 Å². The molecule has 0 aliphatic heterocycles. The Balaban J connectivity index is 1.45. The molecule has 2 aromatic carbocycles. The first-order chi connectivity index (χ1) is 13.1. The number of nitrogens with one attached hydrogen (secondary N) is 1. The van der Waals surface area contributed by atoms with Crippen LogP contribution in [-0.2, 0) is 11.2 Å². The van der Waals surface area contributed by atoms with Gasteiger partial charge in [0.1, 0.15) is 0 Å². The van der Waals surface area contributed by atoms with Crippen LogP contribution in [0.3, 0.4) is 0 Å². The predicted molar refractivity (Wildman–Crippen MR) is 108 cm³/mol. The molecule has 1 amide bonds. The number of rotatable bonds is 8. The normalized spacial score (nSPS) is 11.9. The number of aryl methyl sites for hydroxylation is 2. The molecule has 140 valence electrons. The molecule has 27 heavy (non-hydrogen) atoms. The summed E-state index contributed by atoms with van der Waals surface area (Å²) < 4.78 is 5.67. The minimum atomic E-state index is -0.0313. The van der Waals surface area contributed by atoms with Gasteiger partial charge in [0.2, 0.25) is 11.8 Å². The molecule has 0 radical (unpaired) electrons. The predicted octanol–water partition coefficient (Wildman–Crippen LogP) is 4.27. The molecule has 3 rings (SSSR count). The molecule has 6 heteroatoms. The van der Waals surface area contributed by atoms with Crippen molar-refractivity contribution in [1.82, 2.24) is 15.5 Å². The van der Waals surface area contributed by atoms with E-state index in [0.29, 0.717) is 11.1 Å². The molecule has 1 heterocycles. The zero-order valence-electron chi connectivity index (χ0n) is 15.5. The van der Waals surface area contributed by atoms with Gasteiger partial charge in [0, 0.05) is 11.6 Å². The average Bonchev–Trinajstić information content (AvgIpc) is 3.15. The molecule has 0 saturated heterocycles. The van der Waals surface area contributed by atoms with Gasteiger partial charge in [-0.3, -0.25) is 4.79 Å². The van der Waals surface area contributed by atoms with E-state index in [2.05, 4.69) is 27.6 Å². The largest absolute Gasteiger partial charge is 0.411 e. The minimum Gasteiger partial charge on any atom is -0.411 e. The lowest BCUT2D eigenvalue weighted by Gasteiger charge is -2.13. The van der Waals surface area contributed by atoms with E-state index in [1.165, 1.54) is 17.3 Å². The highest BCUT2D eigenvalue weighted by molar-refractivity contribution is 7.99. The van der Waals surface area contributed by atoms with E-state index >= 15 is 0 Å². The highest BCUT2D eigenvalue weighted by Gasteiger charge is 2.13. The van der Waals surface area contributed by atoms with Gasteiger partial charge in [0.05, 0.1) is 5.75 Å². The van der Waals surface area contributed by atoms with Crippen LogP contribution < -0.4 is 5.32 Å². The Morgan fingerprint density at radius 3 is 2.63 bits per heavy atom. The van der Waals surface area contributed by atoms with E-state index in [0.717, 1.165) is 24.0 Å². The summed E-state index contributed by atoms with van der Waals surface area (Å²) >= 11 is 1.25. The second kappa shape index (κ2) is 9.37. The summed E-state index contributed by atoms with van der Waals surface area (Å²) in [5, 5.41) is 11.5. The van der Waals surface area contributed by atoms with Crippen molar-refractivity contribution in [3.63, 3.8) is 0 Å². The first kappa shape index (κ1) is 19.2. The Labute approximate surface area is 163 Å². The van der Waals surface area contributed by atoms with Crippen LogP contribution in [-0.4, -0.2) is 27.9 Å². The van der Waals surface area contributed by atoms with Gasteiger partial charge in [-0.1, -0.05) is 60.3 Å². The third-order valence-corrected chi connectivity index (χ3v) is 5.04. The Kier molecular flexibility index (Phi) is 6.65. The van der Waals surface area contributed by atoms with Gasteiger partial charge in [0.15, 0.2) is 0 Å². The zero-order valence-corrected chi connectivity index (χ0v) is 16.3. The number of carbonyl (C=O) groups is 1. The molecule has 0 saturated carbocycles. The Morgan fingerprint density at radius 1 is 1.11 bits per heavy atom. The number of aromatic nitrogens is 2. The quantitative estimate of drug-likeness (QED) is 0.590. The summed E-state index contributed by atoms with van der Waals surface area (Å²) in [4.78, 5) is 12.1. The van der Waals surface area contributed by atoms with Crippen molar-refractivity contribution in [2.45, 2.75) is 38.0 Å². The molecular weight excluding hydrogens is 358 g/mol. The summed E-state index contributed by atoms with van der Waals surface area (Å²) in [6, 6.07) is 18.2. The summed E-state index contributed by atoms with van der Waals surface area (Å²) in [7, 11) is 0. The van der Waals surface area contributed by atoms with Crippen LogP contribution in [0.4, 0.5) is 0 Å². The molecule has 0 spiro atoms. The molecular formula is C21H23N3O2S. The number of amides is 1. The van der Waals surface area contributed by atoms with Crippen LogP contribution in [0.15, 0.2) is 64.2 Å². The van der Waals surface area contributed by atoms with Gasteiger partial charge >= 0.3 is 0 Å². The number of hydrogen-bond acceptors (Lipinski definition) is 5. The molecule has 1 aromatic heterocycles. The number of carbonyl (C=O) groups excluding carboxylic acids is 1. The van der Waals surface area contributed by atoms with Gasteiger partial charge in [-0.05, 0) is 43.9 Å². The zero-order chi connectivity index (χ0) is 19.1. The highest BCUT2D eigenvalue weighted by Crippen LogP contribution is 2.25. The van der Waals surface area contributed by atoms with E-state index in [1.807, 2.05) is 56.3 Å². The summed E-state index contributed by atoms with van der Waals surface area (Å²) in [6.07, 6.45) is 1.84. The van der Waals surface area contributed by atoms with Crippen LogP contribution in [0, 0.1) is 6.92 Å². The number of nitrogens with zero attached hydrogens (tertiary/aromatic N) is 2. The molecule has 0 fully saturated rings. The third-order valence-electron chi connectivity index (χ3n) is 4.22. The number of benzene rings is 2. The maximum absolute atomic E-state index is 12.1. The summed E-state index contributed by atoms with van der Waals surface area (Å²) in [5.41, 5.74) is 3.26. The van der Waals surface area contributed by atoms with Crippen LogP contribution >= 0.6 is 11.8 Å². The molecule has 0 unspecified atom stereocenters. The Morgan fingerprint density at radius 2 is 1.85 bits per heavy atom. The van der Waals surface area contributed by atoms with Crippen LogP contribution in [0.2, 0.25) is 0 Å². The van der Waals surface area contributed by atoms with E-state index in [-0.39, 0.29) is 17.7 Å². The van der Waals surface area contributed by atoms with E-state index in [9.17, 15) is 4.79 Å². The second-order valence-electron chi connectivity index (χ2n) is 6.47. The minimum absolute atomic E-state index is 0.0313. The van der Waals surface area contributed by atoms with Crippen molar-refractivity contribution in [2.75, 3.05) is 5.75 Å². The molecule has 0 aliphatic carbocycles. The molecule has 0 aliphatic rings. The van der Waals surface area contributed by atoms with E-state index < -0.39 is 0 Å². The maximum Gasteiger partial charge on any atom is 0.277 e. The number of hydrogen-bond donors (Lipinski definition) is 1. The Bertz CT molecular complexity index is 880. The summed E-state index contributed by atoms with van der Waals surface area (Å²) in [6.45, 7) is 4.02. The monoisotopic (exact) mass is 381 g/mol. The topological polar surface area (TPSA) is 68.0 Å². The first-order valence-electron chi connectivity index (χ1n) is 8.97. The lowest BCUT2D eigenvalue weighted by molar-refractivity contribution is -0.119. The second-order valence-corrected chi connectivity index (χ2v) is 7.40. The average molecular weight is 382 g/mol. The van der Waals surface area contributed by atoms with Crippen molar-refractivity contribution in [2.24, 2.45) is 0 Å². The number of thioether (sulfide) groups is 1. The smallest absolute Gasteiger partial charge is 0.277 e. The molecule has 1 atom stereocenters. The van der Waals surface area contributed by atoms with Crippen molar-refractivity contribution in [3.8, 4) is 11.5 Å². The van der Waals surface area contributed by atoms with Crippen molar-refractivity contribution in [3.05, 3.63) is 65.7 Å². The molecule has 1 N–H and O–H groups in total. The van der Waals surface area contributed by atoms with Gasteiger partial charge in [0.25, 0.3) is 5.22 Å². The van der Waals surface area contributed by atoms with Crippen molar-refractivity contribution in [1.29, 1.82) is 0 Å². The van der Waals surface area contributed by atoms with Crippen LogP contribution in [0.1, 0.15) is 24.5 Å². The van der Waals surface area contributed by atoms with Crippen molar-refractivity contribution >= 4 is 17.7 Å². The molecule has 5 nitrogen and oxygen atoms in total. The highest BCUT2D eigenvalue weighted by atomic mass is 32.2. The SMILES string of the molecule is Cc1ccccc1-c1nnc(SCC(=O)N[C@@H](C)CCc2ccccc2)o1. The standard InChI is InChI=1S/C21H23N3O2S/c1-15-8-6-7-11-18(15)20-23-24-21(26-20)27-14-19(25)22-16(2)12-13-17-9-4-3-5-10-17/h3-11,16H,12-14H2,1-2H3,(H,22,25)/t16-/m0/s1. The van der Waals surface area contributed by atoms with Crippen LogP contribution in [0.5, 0.6) is 0 Å². The van der Waals surface area contributed by atoms with Crippen molar-refractivity contribution < 1.29 is 9.21 Å². The van der Waals surface area contributed by atoms with Gasteiger partial charge in [-0.2, -0.15) is 0 Å². The lowest BCUT2D eigenvalue weighted by atomic mass is 10.1. The van der Waals surface area contributed by atoms with E-state index in [1.54, 1.807) is 0 Å². The third kappa shape index (κ3) is 5.69. The fraction of sp³-hybridized carbons (Fsp3) is 0.286. The maximum atomic E-state index is 12.1. The first-order valence-corrected chi connectivity index (χ1v) is 9.96.